The van der Waals surface area contributed by atoms with E-state index in [9.17, 15) is 0 Å². The lowest BCUT2D eigenvalue weighted by molar-refractivity contribution is 0.162. The van der Waals surface area contributed by atoms with Gasteiger partial charge in [0.15, 0.2) is 10.8 Å². The van der Waals surface area contributed by atoms with Crippen LogP contribution in [0.5, 0.6) is 10.8 Å². The van der Waals surface area contributed by atoms with Gasteiger partial charge in [0, 0.05) is 25.7 Å². The van der Waals surface area contributed by atoms with Gasteiger partial charge in [0.05, 0.1) is 5.56 Å². The van der Waals surface area contributed by atoms with Gasteiger partial charge in [-0.3, -0.25) is 0 Å². The molecule has 2 aliphatic rings. The molecule has 0 radical (unpaired) electrons. The predicted octanol–water partition coefficient (Wildman–Crippen LogP) is 3.57. The average molecular weight is 313 g/mol. The van der Waals surface area contributed by atoms with E-state index in [2.05, 4.69) is 35.2 Å². The van der Waals surface area contributed by atoms with Crippen molar-refractivity contribution in [1.82, 2.24) is 9.80 Å². The molecular weight excluding hydrogens is 294 g/mol. The second-order valence-corrected chi connectivity index (χ2v) is 6.81. The topological polar surface area (TPSA) is 28.1 Å². The zero-order valence-electron chi connectivity index (χ0n) is 12.8. The third kappa shape index (κ3) is 2.30. The van der Waals surface area contributed by atoms with Crippen LogP contribution in [0.3, 0.4) is 0 Å². The smallest absolute Gasteiger partial charge is 0.192 e. The molecule has 0 amide bonds. The molecule has 0 bridgehead atoms. The molecule has 0 aliphatic carbocycles. The van der Waals surface area contributed by atoms with Gasteiger partial charge in [-0.2, -0.15) is 0 Å². The first kappa shape index (κ1) is 13.8. The van der Waals surface area contributed by atoms with Crippen molar-refractivity contribution in [3.8, 4) is 10.8 Å². The fourth-order valence-electron chi connectivity index (χ4n) is 3.12. The Labute approximate surface area is 134 Å². The highest BCUT2D eigenvalue weighted by Gasteiger charge is 2.29. The lowest BCUT2D eigenvalue weighted by atomic mass is 10.1. The van der Waals surface area contributed by atoms with Crippen LogP contribution in [0.4, 0.5) is 5.69 Å². The summed E-state index contributed by atoms with van der Waals surface area (Å²) in [7, 11) is 2.18. The molecule has 1 aromatic heterocycles. The van der Waals surface area contributed by atoms with Crippen molar-refractivity contribution in [2.45, 2.75) is 13.0 Å². The molecule has 0 spiro atoms. The van der Waals surface area contributed by atoms with Gasteiger partial charge in [0.25, 0.3) is 0 Å². The van der Waals surface area contributed by atoms with Gasteiger partial charge in [-0.05, 0) is 37.6 Å². The van der Waals surface area contributed by atoms with Crippen LogP contribution in [0.1, 0.15) is 12.5 Å². The molecule has 2 aliphatic heterocycles. The third-order valence-corrected chi connectivity index (χ3v) is 5.06. The number of rotatable bonds is 0. The summed E-state index contributed by atoms with van der Waals surface area (Å²) < 4.78 is 6.09. The molecule has 22 heavy (non-hydrogen) atoms. The van der Waals surface area contributed by atoms with Gasteiger partial charge in [-0.1, -0.05) is 12.1 Å². The average Bonchev–Trinajstić information content (AvgIpc) is 2.89. The summed E-state index contributed by atoms with van der Waals surface area (Å²) in [6.45, 7) is 5.38. The quantitative estimate of drug-likeness (QED) is 0.744. The van der Waals surface area contributed by atoms with Crippen LogP contribution in [0, 0.1) is 0 Å². The molecule has 1 aromatic carbocycles. The van der Waals surface area contributed by atoms with E-state index in [1.807, 2.05) is 24.3 Å². The Hall–Kier alpha value is -1.85. The zero-order chi connectivity index (χ0) is 15.1. The van der Waals surface area contributed by atoms with Gasteiger partial charge in [-0.15, -0.1) is 11.3 Å². The van der Waals surface area contributed by atoms with Gasteiger partial charge in [-0.25, -0.2) is 4.99 Å². The van der Waals surface area contributed by atoms with Crippen molar-refractivity contribution in [2.24, 2.45) is 4.99 Å². The van der Waals surface area contributed by atoms with Crippen molar-refractivity contribution in [3.05, 3.63) is 41.3 Å². The highest BCUT2D eigenvalue weighted by Crippen LogP contribution is 2.41. The Morgan fingerprint density at radius 3 is 2.95 bits per heavy atom. The van der Waals surface area contributed by atoms with Crippen molar-refractivity contribution in [3.63, 3.8) is 0 Å². The number of benzene rings is 1. The maximum absolute atomic E-state index is 6.09. The number of aliphatic imine (C=N–C) groups is 1. The Morgan fingerprint density at radius 2 is 2.09 bits per heavy atom. The standard InChI is InChI=1S/C17H19N3OS/c1-12-11-19(2)8-9-20(12)16-13-7-10-22-17(13)21-15-6-4-3-5-14(15)18-16/h3-7,10,12H,8-9,11H2,1-2H3. The third-order valence-electron chi connectivity index (χ3n) is 4.27. The molecule has 0 saturated carbocycles. The molecule has 5 heteroatoms. The number of likely N-dealkylation sites (N-methyl/N-ethyl adjacent to an activating group) is 1. The van der Waals surface area contributed by atoms with E-state index in [4.69, 9.17) is 9.73 Å². The SMILES string of the molecule is CC1CN(C)CCN1C1=Nc2ccccc2Oc2sccc21. The number of nitrogens with zero attached hydrogens (tertiary/aromatic N) is 3. The number of fused-ring (bicyclic) bond motifs is 2. The summed E-state index contributed by atoms with van der Waals surface area (Å²) in [5.74, 6) is 1.88. The first-order chi connectivity index (χ1) is 10.7. The Bertz CT molecular complexity index is 724. The molecule has 1 unspecified atom stereocenters. The highest BCUT2D eigenvalue weighted by molar-refractivity contribution is 7.12. The van der Waals surface area contributed by atoms with E-state index < -0.39 is 0 Å². The van der Waals surface area contributed by atoms with Crippen molar-refractivity contribution >= 4 is 22.9 Å². The number of para-hydroxylation sites is 2. The van der Waals surface area contributed by atoms with Gasteiger partial charge >= 0.3 is 0 Å². The molecule has 1 fully saturated rings. The molecule has 4 rings (SSSR count). The fraction of sp³-hybridized carbons (Fsp3) is 0.353. The van der Waals surface area contributed by atoms with Crippen LogP contribution >= 0.6 is 11.3 Å². The van der Waals surface area contributed by atoms with E-state index in [0.29, 0.717) is 6.04 Å². The minimum absolute atomic E-state index is 0.440. The molecule has 1 saturated heterocycles. The highest BCUT2D eigenvalue weighted by atomic mass is 32.1. The van der Waals surface area contributed by atoms with Gasteiger partial charge in [0.1, 0.15) is 11.5 Å². The molecule has 1 atom stereocenters. The normalized spacial score (nSPS) is 21.5. The largest absolute Gasteiger partial charge is 0.444 e. The van der Waals surface area contributed by atoms with E-state index >= 15 is 0 Å². The lowest BCUT2D eigenvalue weighted by Crippen LogP contribution is -2.52. The minimum atomic E-state index is 0.440. The minimum Gasteiger partial charge on any atom is -0.444 e. The lowest BCUT2D eigenvalue weighted by Gasteiger charge is -2.40. The van der Waals surface area contributed by atoms with Gasteiger partial charge in [0.2, 0.25) is 0 Å². The Balaban J connectivity index is 1.81. The summed E-state index contributed by atoms with van der Waals surface area (Å²) in [6, 6.07) is 10.6. The molecule has 0 N–H and O–H groups in total. The number of thiophene rings is 1. The number of amidine groups is 1. The Morgan fingerprint density at radius 1 is 1.23 bits per heavy atom. The number of hydrogen-bond acceptors (Lipinski definition) is 5. The maximum Gasteiger partial charge on any atom is 0.192 e. The van der Waals surface area contributed by atoms with Crippen LogP contribution in [0.2, 0.25) is 0 Å². The molecule has 4 nitrogen and oxygen atoms in total. The van der Waals surface area contributed by atoms with Crippen molar-refractivity contribution in [2.75, 3.05) is 26.7 Å². The number of piperazine rings is 1. The first-order valence-corrected chi connectivity index (χ1v) is 8.49. The van der Waals surface area contributed by atoms with Crippen molar-refractivity contribution < 1.29 is 4.74 Å². The fourth-order valence-corrected chi connectivity index (χ4v) is 3.88. The molecule has 114 valence electrons. The van der Waals surface area contributed by atoms with Gasteiger partial charge < -0.3 is 14.5 Å². The second-order valence-electron chi connectivity index (χ2n) is 5.93. The number of hydrogen-bond donors (Lipinski definition) is 0. The molecular formula is C17H19N3OS. The molecule has 3 heterocycles. The summed E-state index contributed by atoms with van der Waals surface area (Å²) in [6.07, 6.45) is 0. The Kier molecular flexibility index (Phi) is 3.39. The van der Waals surface area contributed by atoms with Crippen LogP contribution in [-0.4, -0.2) is 48.4 Å². The van der Waals surface area contributed by atoms with E-state index in [1.165, 1.54) is 0 Å². The summed E-state index contributed by atoms with van der Waals surface area (Å²) in [5.41, 5.74) is 2.02. The first-order valence-electron chi connectivity index (χ1n) is 7.61. The van der Waals surface area contributed by atoms with Crippen LogP contribution < -0.4 is 4.74 Å². The summed E-state index contributed by atoms with van der Waals surface area (Å²) >= 11 is 1.63. The number of ether oxygens (including phenoxy) is 1. The van der Waals surface area contributed by atoms with E-state index in [-0.39, 0.29) is 0 Å². The van der Waals surface area contributed by atoms with Crippen molar-refractivity contribution in [1.29, 1.82) is 0 Å². The predicted molar refractivity (Wildman–Crippen MR) is 90.7 cm³/mol. The summed E-state index contributed by atoms with van der Waals surface area (Å²) in [5, 5.41) is 3.02. The van der Waals surface area contributed by atoms with E-state index in [1.54, 1.807) is 11.3 Å². The maximum atomic E-state index is 6.09. The molecule has 2 aromatic rings. The summed E-state index contributed by atoms with van der Waals surface area (Å²) in [4.78, 5) is 9.74. The zero-order valence-corrected chi connectivity index (χ0v) is 13.6. The van der Waals surface area contributed by atoms with Crippen LogP contribution in [-0.2, 0) is 0 Å². The monoisotopic (exact) mass is 313 g/mol. The van der Waals surface area contributed by atoms with Crippen LogP contribution in [0.15, 0.2) is 40.7 Å². The second kappa shape index (κ2) is 5.41. The van der Waals surface area contributed by atoms with E-state index in [0.717, 1.165) is 47.5 Å². The van der Waals surface area contributed by atoms with Crippen LogP contribution in [0.25, 0.3) is 0 Å².